The number of methoxy groups -OCH3 is 1. The van der Waals surface area contributed by atoms with Crippen LogP contribution in [0.3, 0.4) is 0 Å². The number of benzene rings is 1. The van der Waals surface area contributed by atoms with Crippen molar-refractivity contribution in [3.63, 3.8) is 0 Å². The van der Waals surface area contributed by atoms with Gasteiger partial charge in [0.15, 0.2) is 5.65 Å². The number of ether oxygens (including phenoxy) is 1. The molecule has 168 valence electrons. The first-order valence-corrected chi connectivity index (χ1v) is 10.2. The summed E-state index contributed by atoms with van der Waals surface area (Å²) in [4.78, 5) is 22.0. The number of halogens is 2. The molecule has 7 nitrogen and oxygen atoms in total. The highest BCUT2D eigenvalue weighted by Crippen LogP contribution is 2.44. The Bertz CT molecular complexity index is 1100. The molecule has 0 spiro atoms. The minimum absolute atomic E-state index is 0. The Hall–Kier alpha value is -2.06. The van der Waals surface area contributed by atoms with Crippen LogP contribution in [0.25, 0.3) is 5.65 Å². The first-order valence-electron chi connectivity index (χ1n) is 10.2. The van der Waals surface area contributed by atoms with Crippen LogP contribution < -0.4 is 10.3 Å². The molecule has 0 aliphatic carbocycles. The minimum atomic E-state index is -0.0478. The SMILES string of the molecule is COc1ccc([C@H]2[C@@H]3CN(Cc4cc(=O)n5[nH]c(C)cc5n4)C[C@@H]3CN2C)cc1.Cl.Cl. The Morgan fingerprint density at radius 1 is 1.13 bits per heavy atom. The maximum Gasteiger partial charge on any atom is 0.272 e. The number of fused-ring (bicyclic) bond motifs is 2. The molecule has 2 fully saturated rings. The first-order chi connectivity index (χ1) is 14.0. The van der Waals surface area contributed by atoms with Gasteiger partial charge in [0.05, 0.1) is 12.8 Å². The monoisotopic (exact) mass is 465 g/mol. The van der Waals surface area contributed by atoms with Gasteiger partial charge in [-0.25, -0.2) is 9.50 Å². The summed E-state index contributed by atoms with van der Waals surface area (Å²) in [5.41, 5.74) is 3.79. The molecule has 5 rings (SSSR count). The van der Waals surface area contributed by atoms with Gasteiger partial charge in [-0.15, -0.1) is 24.8 Å². The number of rotatable bonds is 4. The van der Waals surface area contributed by atoms with Crippen LogP contribution in [0.2, 0.25) is 0 Å². The third-order valence-corrected chi connectivity index (χ3v) is 6.44. The number of likely N-dealkylation sites (tertiary alicyclic amines) is 2. The van der Waals surface area contributed by atoms with Crippen molar-refractivity contribution in [2.24, 2.45) is 11.8 Å². The molecule has 0 amide bonds. The van der Waals surface area contributed by atoms with E-state index >= 15 is 0 Å². The lowest BCUT2D eigenvalue weighted by molar-refractivity contribution is 0.223. The molecule has 3 aromatic rings. The van der Waals surface area contributed by atoms with E-state index < -0.39 is 0 Å². The van der Waals surface area contributed by atoms with Gasteiger partial charge in [-0.3, -0.25) is 19.7 Å². The van der Waals surface area contributed by atoms with E-state index in [1.807, 2.05) is 13.0 Å². The topological polar surface area (TPSA) is 65.9 Å². The van der Waals surface area contributed by atoms with E-state index in [4.69, 9.17) is 9.72 Å². The predicted molar refractivity (Wildman–Crippen MR) is 126 cm³/mol. The molecular weight excluding hydrogens is 437 g/mol. The number of aromatic nitrogens is 3. The quantitative estimate of drug-likeness (QED) is 0.641. The van der Waals surface area contributed by atoms with Crippen LogP contribution in [-0.4, -0.2) is 58.2 Å². The Balaban J connectivity index is 0.00000136. The molecule has 2 aromatic heterocycles. The summed E-state index contributed by atoms with van der Waals surface area (Å²) in [5, 5.41) is 3.03. The van der Waals surface area contributed by atoms with Crippen molar-refractivity contribution in [3.05, 3.63) is 63.7 Å². The van der Waals surface area contributed by atoms with Crippen molar-refractivity contribution < 1.29 is 4.74 Å². The van der Waals surface area contributed by atoms with E-state index in [2.05, 4.69) is 46.2 Å². The molecule has 3 atom stereocenters. The third-order valence-electron chi connectivity index (χ3n) is 6.44. The summed E-state index contributed by atoms with van der Waals surface area (Å²) in [6.07, 6.45) is 0. The second-order valence-electron chi connectivity index (χ2n) is 8.49. The molecule has 0 saturated carbocycles. The molecule has 0 unspecified atom stereocenters. The lowest BCUT2D eigenvalue weighted by atomic mass is 9.89. The fourth-order valence-electron chi connectivity index (χ4n) is 5.25. The number of hydrogen-bond donors (Lipinski definition) is 1. The molecule has 2 aliphatic rings. The van der Waals surface area contributed by atoms with E-state index in [1.165, 1.54) is 10.1 Å². The Labute approximate surface area is 194 Å². The van der Waals surface area contributed by atoms with E-state index in [0.29, 0.717) is 23.5 Å². The van der Waals surface area contributed by atoms with Crippen LogP contribution in [0, 0.1) is 18.8 Å². The van der Waals surface area contributed by atoms with Crippen molar-refractivity contribution in [2.75, 3.05) is 33.8 Å². The maximum absolute atomic E-state index is 12.4. The van der Waals surface area contributed by atoms with Gasteiger partial charge in [0, 0.05) is 50.0 Å². The molecule has 1 N–H and O–H groups in total. The normalized spacial score (nSPS) is 23.4. The van der Waals surface area contributed by atoms with Crippen molar-refractivity contribution >= 4 is 30.5 Å². The molecule has 9 heteroatoms. The Morgan fingerprint density at radius 3 is 2.58 bits per heavy atom. The summed E-state index contributed by atoms with van der Waals surface area (Å²) >= 11 is 0. The van der Waals surface area contributed by atoms with Crippen LogP contribution in [0.15, 0.2) is 41.2 Å². The van der Waals surface area contributed by atoms with Gasteiger partial charge in [-0.1, -0.05) is 12.1 Å². The minimum Gasteiger partial charge on any atom is -0.497 e. The van der Waals surface area contributed by atoms with Gasteiger partial charge in [0.25, 0.3) is 5.56 Å². The van der Waals surface area contributed by atoms with Crippen molar-refractivity contribution in [1.82, 2.24) is 24.4 Å². The average Bonchev–Trinajstić information content (AvgIpc) is 3.33. The lowest BCUT2D eigenvalue weighted by Gasteiger charge is -2.27. The summed E-state index contributed by atoms with van der Waals surface area (Å²) in [5.74, 6) is 2.13. The van der Waals surface area contributed by atoms with E-state index in [-0.39, 0.29) is 30.4 Å². The standard InChI is InChI=1S/C22H27N5O2.2ClH/c1-14-8-20-23-17(9-21(28)27(20)24-14)12-26-11-16-10-25(2)22(19(16)13-26)15-4-6-18(29-3)7-5-15;;/h4-9,16,19,22,24H,10-13H2,1-3H3;2*1H/t16-,19+,22-;;/m0../s1. The predicted octanol–water partition coefficient (Wildman–Crippen LogP) is 2.92. The van der Waals surface area contributed by atoms with Gasteiger partial charge in [-0.05, 0) is 43.5 Å². The largest absolute Gasteiger partial charge is 0.497 e. The number of nitrogens with zero attached hydrogens (tertiary/aromatic N) is 4. The zero-order chi connectivity index (χ0) is 20.1. The third kappa shape index (κ3) is 4.32. The fourth-order valence-corrected chi connectivity index (χ4v) is 5.25. The summed E-state index contributed by atoms with van der Waals surface area (Å²) in [6.45, 7) is 5.84. The lowest BCUT2D eigenvalue weighted by Crippen LogP contribution is -2.29. The summed E-state index contributed by atoms with van der Waals surface area (Å²) in [6, 6.07) is 12.5. The zero-order valence-corrected chi connectivity index (χ0v) is 19.6. The van der Waals surface area contributed by atoms with E-state index in [9.17, 15) is 4.79 Å². The smallest absolute Gasteiger partial charge is 0.272 e. The van der Waals surface area contributed by atoms with Crippen LogP contribution in [0.4, 0.5) is 0 Å². The molecule has 0 radical (unpaired) electrons. The highest BCUT2D eigenvalue weighted by molar-refractivity contribution is 5.85. The Kier molecular flexibility index (Phi) is 7.01. The molecule has 31 heavy (non-hydrogen) atoms. The van der Waals surface area contributed by atoms with Crippen LogP contribution in [-0.2, 0) is 6.54 Å². The number of aryl methyl sites for hydroxylation is 1. The number of H-pyrrole nitrogens is 1. The van der Waals surface area contributed by atoms with Gasteiger partial charge in [0.1, 0.15) is 5.75 Å². The first kappa shape index (κ1) is 23.6. The van der Waals surface area contributed by atoms with Gasteiger partial charge < -0.3 is 4.74 Å². The second kappa shape index (κ2) is 9.20. The number of hydrogen-bond acceptors (Lipinski definition) is 5. The molecule has 2 aliphatic heterocycles. The second-order valence-corrected chi connectivity index (χ2v) is 8.49. The maximum atomic E-state index is 12.4. The van der Waals surface area contributed by atoms with E-state index in [1.54, 1.807) is 13.2 Å². The molecule has 0 bridgehead atoms. The number of nitrogens with one attached hydrogen (secondary N) is 1. The van der Waals surface area contributed by atoms with Gasteiger partial charge in [0.2, 0.25) is 0 Å². The highest BCUT2D eigenvalue weighted by Gasteiger charge is 2.46. The van der Waals surface area contributed by atoms with Crippen LogP contribution in [0.5, 0.6) is 5.75 Å². The Morgan fingerprint density at radius 2 is 1.87 bits per heavy atom. The summed E-state index contributed by atoms with van der Waals surface area (Å²) in [7, 11) is 3.93. The number of aromatic amines is 1. The summed E-state index contributed by atoms with van der Waals surface area (Å²) < 4.78 is 6.82. The molecular formula is C22H29Cl2N5O2. The molecule has 4 heterocycles. The van der Waals surface area contributed by atoms with Crippen molar-refractivity contribution in [1.29, 1.82) is 0 Å². The zero-order valence-electron chi connectivity index (χ0n) is 17.9. The van der Waals surface area contributed by atoms with E-state index in [0.717, 1.165) is 43.3 Å². The highest BCUT2D eigenvalue weighted by atomic mass is 35.5. The van der Waals surface area contributed by atoms with Crippen LogP contribution in [0.1, 0.15) is 23.0 Å². The fraction of sp³-hybridized carbons (Fsp3) is 0.455. The van der Waals surface area contributed by atoms with Gasteiger partial charge in [-0.2, -0.15) is 0 Å². The van der Waals surface area contributed by atoms with Gasteiger partial charge >= 0.3 is 0 Å². The molecule has 1 aromatic carbocycles. The van der Waals surface area contributed by atoms with Crippen molar-refractivity contribution in [2.45, 2.75) is 19.5 Å². The molecule has 2 saturated heterocycles. The van der Waals surface area contributed by atoms with Crippen LogP contribution >= 0.6 is 24.8 Å². The average molecular weight is 466 g/mol. The van der Waals surface area contributed by atoms with Crippen molar-refractivity contribution in [3.8, 4) is 5.75 Å².